The van der Waals surface area contributed by atoms with Crippen LogP contribution < -0.4 is 4.74 Å². The highest BCUT2D eigenvalue weighted by molar-refractivity contribution is 7.91. The quantitative estimate of drug-likeness (QED) is 0.492. The van der Waals surface area contributed by atoms with Crippen molar-refractivity contribution in [2.45, 2.75) is 10.7 Å². The van der Waals surface area contributed by atoms with Gasteiger partial charge in [0.1, 0.15) is 5.75 Å². The van der Waals surface area contributed by atoms with Gasteiger partial charge in [-0.25, -0.2) is 8.42 Å². The summed E-state index contributed by atoms with van der Waals surface area (Å²) in [5.74, 6) is -3.80. The molecule has 3 rings (SSSR count). The lowest BCUT2D eigenvalue weighted by Crippen LogP contribution is -2.11. The van der Waals surface area contributed by atoms with Crippen LogP contribution in [0.25, 0.3) is 11.0 Å². The molecule has 0 aliphatic rings. The molecule has 26 heavy (non-hydrogen) atoms. The van der Waals surface area contributed by atoms with Crippen molar-refractivity contribution in [2.24, 2.45) is 0 Å². The summed E-state index contributed by atoms with van der Waals surface area (Å²) in [7, 11) is -4.96. The molecule has 0 saturated carbocycles. The molecule has 0 saturated heterocycles. The number of rotatable bonds is 5. The summed E-state index contributed by atoms with van der Waals surface area (Å²) < 4.78 is 53.7. The molecule has 0 N–H and O–H groups in total. The Balaban J connectivity index is 2.02. The van der Waals surface area contributed by atoms with Crippen molar-refractivity contribution >= 4 is 26.6 Å². The Bertz CT molecular complexity index is 1110. The summed E-state index contributed by atoms with van der Waals surface area (Å²) in [6.45, 7) is 0. The number of benzene rings is 2. The summed E-state index contributed by atoms with van der Waals surface area (Å²) in [5, 5.41) is 11.2. The number of aromatic nitrogens is 2. The Morgan fingerprint density at radius 3 is 2.38 bits per heavy atom. The normalized spacial score (nSPS) is 11.7. The number of alkyl halides is 2. The zero-order chi connectivity index (χ0) is 18.9. The largest absolute Gasteiger partial charge is 0.450 e. The first-order valence-electron chi connectivity index (χ1n) is 6.98. The summed E-state index contributed by atoms with van der Waals surface area (Å²) >= 11 is 0. The molecule has 0 radical (unpaired) electrons. The summed E-state index contributed by atoms with van der Waals surface area (Å²) in [6, 6.07) is 6.87. The molecule has 0 bridgehead atoms. The Labute approximate surface area is 145 Å². The predicted octanol–water partition coefficient (Wildman–Crippen LogP) is 3.33. The monoisotopic (exact) mass is 381 g/mol. The van der Waals surface area contributed by atoms with E-state index in [0.29, 0.717) is 17.1 Å². The molecule has 0 aliphatic carbocycles. The minimum Gasteiger partial charge on any atom is -0.450 e. The second-order valence-electron chi connectivity index (χ2n) is 5.00. The second kappa shape index (κ2) is 6.59. The number of hydrogen-bond acceptors (Lipinski definition) is 7. The molecule has 1 heterocycles. The van der Waals surface area contributed by atoms with Crippen molar-refractivity contribution in [1.82, 2.24) is 9.97 Å². The van der Waals surface area contributed by atoms with E-state index in [-0.39, 0.29) is 11.5 Å². The standard InChI is InChI=1S/C15H9F2N3O5S/c16-15(17)26(23,24)10-2-4-14(13(8-10)20(21)22)25-9-1-3-11-12(7-9)19-6-5-18-11/h1-8,15H. The zero-order valence-electron chi connectivity index (χ0n) is 12.7. The third-order valence-electron chi connectivity index (χ3n) is 3.36. The number of sulfone groups is 1. The molecule has 1 aromatic heterocycles. The molecule has 3 aromatic rings. The minimum atomic E-state index is -4.96. The number of hydrogen-bond donors (Lipinski definition) is 0. The van der Waals surface area contributed by atoms with Gasteiger partial charge in [0.2, 0.25) is 15.6 Å². The van der Waals surface area contributed by atoms with Crippen LogP contribution in [-0.2, 0) is 9.84 Å². The first-order chi connectivity index (χ1) is 12.3. The van der Waals surface area contributed by atoms with E-state index in [1.54, 1.807) is 6.07 Å². The van der Waals surface area contributed by atoms with Gasteiger partial charge in [-0.2, -0.15) is 8.78 Å². The maximum atomic E-state index is 12.6. The van der Waals surface area contributed by atoms with E-state index >= 15 is 0 Å². The predicted molar refractivity (Wildman–Crippen MR) is 85.9 cm³/mol. The average molecular weight is 381 g/mol. The molecule has 2 aromatic carbocycles. The van der Waals surface area contributed by atoms with Crippen molar-refractivity contribution in [3.05, 3.63) is 58.9 Å². The van der Waals surface area contributed by atoms with Crippen LogP contribution in [0.4, 0.5) is 14.5 Å². The Morgan fingerprint density at radius 1 is 1.04 bits per heavy atom. The van der Waals surface area contributed by atoms with Crippen LogP contribution in [0.3, 0.4) is 0 Å². The van der Waals surface area contributed by atoms with Crippen molar-refractivity contribution in [1.29, 1.82) is 0 Å². The van der Waals surface area contributed by atoms with Crippen LogP contribution in [0.2, 0.25) is 0 Å². The van der Waals surface area contributed by atoms with E-state index in [9.17, 15) is 27.3 Å². The highest BCUT2D eigenvalue weighted by Gasteiger charge is 2.30. The zero-order valence-corrected chi connectivity index (χ0v) is 13.6. The fourth-order valence-electron chi connectivity index (χ4n) is 2.14. The lowest BCUT2D eigenvalue weighted by Gasteiger charge is -2.09. The number of nitrogens with zero attached hydrogens (tertiary/aromatic N) is 3. The first kappa shape index (κ1) is 17.6. The van der Waals surface area contributed by atoms with Crippen molar-refractivity contribution in [3.63, 3.8) is 0 Å². The second-order valence-corrected chi connectivity index (χ2v) is 6.92. The third kappa shape index (κ3) is 3.28. The summed E-state index contributed by atoms with van der Waals surface area (Å²) in [6.07, 6.45) is 2.95. The smallest absolute Gasteiger partial charge is 0.341 e. The molecule has 0 aliphatic heterocycles. The number of fused-ring (bicyclic) bond motifs is 1. The lowest BCUT2D eigenvalue weighted by molar-refractivity contribution is -0.385. The van der Waals surface area contributed by atoms with Gasteiger partial charge in [-0.05, 0) is 24.3 Å². The van der Waals surface area contributed by atoms with Gasteiger partial charge in [-0.1, -0.05) is 0 Å². The molecule has 134 valence electrons. The summed E-state index contributed by atoms with van der Waals surface area (Å²) in [4.78, 5) is 17.5. The van der Waals surface area contributed by atoms with E-state index in [1.165, 1.54) is 24.5 Å². The minimum absolute atomic E-state index is 0.186. The van der Waals surface area contributed by atoms with Crippen LogP contribution in [0, 0.1) is 10.1 Å². The molecule has 0 amide bonds. The maximum absolute atomic E-state index is 12.6. The van der Waals surface area contributed by atoms with Gasteiger partial charge in [-0.3, -0.25) is 20.1 Å². The van der Waals surface area contributed by atoms with E-state index in [0.717, 1.165) is 12.1 Å². The molecule has 0 spiro atoms. The van der Waals surface area contributed by atoms with E-state index in [2.05, 4.69) is 9.97 Å². The van der Waals surface area contributed by atoms with Crippen molar-refractivity contribution in [2.75, 3.05) is 0 Å². The van der Waals surface area contributed by atoms with Gasteiger partial charge in [0.25, 0.3) is 0 Å². The van der Waals surface area contributed by atoms with Crippen LogP contribution in [0.1, 0.15) is 0 Å². The lowest BCUT2D eigenvalue weighted by atomic mass is 10.2. The molecule has 8 nitrogen and oxygen atoms in total. The van der Waals surface area contributed by atoms with Gasteiger partial charge >= 0.3 is 11.4 Å². The molecule has 11 heteroatoms. The van der Waals surface area contributed by atoms with E-state index < -0.39 is 31.1 Å². The fourth-order valence-corrected chi connectivity index (χ4v) is 2.88. The highest BCUT2D eigenvalue weighted by Crippen LogP contribution is 2.35. The number of nitro benzene ring substituents is 1. The van der Waals surface area contributed by atoms with Crippen LogP contribution in [-0.4, -0.2) is 29.1 Å². The molecule has 0 atom stereocenters. The Kier molecular flexibility index (Phi) is 4.47. The Hall–Kier alpha value is -3.21. The third-order valence-corrected chi connectivity index (χ3v) is 4.74. The van der Waals surface area contributed by atoms with Crippen LogP contribution >= 0.6 is 0 Å². The maximum Gasteiger partial charge on any atom is 0.341 e. The van der Waals surface area contributed by atoms with Crippen LogP contribution in [0.5, 0.6) is 11.5 Å². The topological polar surface area (TPSA) is 112 Å². The number of halogens is 2. The van der Waals surface area contributed by atoms with Crippen molar-refractivity contribution < 1.29 is 26.9 Å². The number of nitro groups is 1. The molecule has 0 fully saturated rings. The van der Waals surface area contributed by atoms with Crippen LogP contribution in [0.15, 0.2) is 53.7 Å². The molecular formula is C15H9F2N3O5S. The fraction of sp³-hybridized carbons (Fsp3) is 0.0667. The van der Waals surface area contributed by atoms with E-state index in [4.69, 9.17) is 4.74 Å². The first-order valence-corrected chi connectivity index (χ1v) is 8.53. The SMILES string of the molecule is O=[N+]([O-])c1cc(S(=O)(=O)C(F)F)ccc1Oc1ccc2nccnc2c1. The van der Waals surface area contributed by atoms with Gasteiger partial charge < -0.3 is 4.74 Å². The Morgan fingerprint density at radius 2 is 1.73 bits per heavy atom. The average Bonchev–Trinajstić information content (AvgIpc) is 2.61. The van der Waals surface area contributed by atoms with Crippen molar-refractivity contribution in [3.8, 4) is 11.5 Å². The van der Waals surface area contributed by atoms with Gasteiger partial charge in [0.15, 0.2) is 0 Å². The molecule has 0 unspecified atom stereocenters. The number of ether oxygens (including phenoxy) is 1. The molecular weight excluding hydrogens is 372 g/mol. The van der Waals surface area contributed by atoms with E-state index in [1.807, 2.05) is 0 Å². The van der Waals surface area contributed by atoms with Gasteiger partial charge in [0, 0.05) is 24.5 Å². The summed E-state index contributed by atoms with van der Waals surface area (Å²) in [5.41, 5.74) is 0.295. The van der Waals surface area contributed by atoms with Gasteiger partial charge in [-0.15, -0.1) is 0 Å². The highest BCUT2D eigenvalue weighted by atomic mass is 32.2. The van der Waals surface area contributed by atoms with Gasteiger partial charge in [0.05, 0.1) is 20.9 Å².